The Morgan fingerprint density at radius 3 is 2.67 bits per heavy atom. The molecule has 1 aromatic carbocycles. The molecule has 0 atom stereocenters. The number of nitrogens with zero attached hydrogens (tertiary/aromatic N) is 2. The molecule has 0 saturated heterocycles. The largest absolute Gasteiger partial charge is 0.383 e. The van der Waals surface area contributed by atoms with Gasteiger partial charge in [0.25, 0.3) is 0 Å². The zero-order valence-electron chi connectivity index (χ0n) is 10.9. The highest BCUT2D eigenvalue weighted by Crippen LogP contribution is 2.43. The summed E-state index contributed by atoms with van der Waals surface area (Å²) in [5.41, 5.74) is 8.34. The molecular formula is C14H10Br2FN3S. The van der Waals surface area contributed by atoms with Crippen molar-refractivity contribution in [2.75, 3.05) is 5.73 Å². The third kappa shape index (κ3) is 2.65. The minimum Gasteiger partial charge on any atom is -0.383 e. The highest BCUT2D eigenvalue weighted by atomic mass is 79.9. The van der Waals surface area contributed by atoms with Gasteiger partial charge in [-0.15, -0.1) is 11.3 Å². The summed E-state index contributed by atoms with van der Waals surface area (Å²) in [5.74, 6) is 0.214. The number of aromatic nitrogens is 2. The SMILES string of the molecule is Cn1nc(-c2cc(Br)c(Br)s2)c(-c2cccc(F)c2)c1N. The van der Waals surface area contributed by atoms with E-state index in [9.17, 15) is 4.39 Å². The van der Waals surface area contributed by atoms with Crippen LogP contribution < -0.4 is 5.73 Å². The van der Waals surface area contributed by atoms with Crippen molar-refractivity contribution in [1.82, 2.24) is 9.78 Å². The maximum absolute atomic E-state index is 13.5. The standard InChI is InChI=1S/C14H10Br2FN3S/c1-20-14(18)11(7-3-2-4-8(17)5-7)12(19-20)10-6-9(15)13(16)21-10/h2-6H,18H2,1H3. The van der Waals surface area contributed by atoms with Gasteiger partial charge in [0.05, 0.1) is 14.2 Å². The molecule has 0 amide bonds. The fourth-order valence-electron chi connectivity index (χ4n) is 2.10. The van der Waals surface area contributed by atoms with Crippen molar-refractivity contribution < 1.29 is 4.39 Å². The molecule has 2 N–H and O–H groups in total. The zero-order chi connectivity index (χ0) is 15.1. The maximum atomic E-state index is 13.5. The van der Waals surface area contributed by atoms with Crippen LogP contribution in [0.3, 0.4) is 0 Å². The summed E-state index contributed by atoms with van der Waals surface area (Å²) in [6.45, 7) is 0. The first-order valence-corrected chi connectivity index (χ1v) is 8.41. The molecule has 0 unspecified atom stereocenters. The van der Waals surface area contributed by atoms with Gasteiger partial charge in [-0.25, -0.2) is 4.39 Å². The number of hydrogen-bond acceptors (Lipinski definition) is 3. The Kier molecular flexibility index (Phi) is 3.90. The minimum absolute atomic E-state index is 0.296. The van der Waals surface area contributed by atoms with E-state index in [0.717, 1.165) is 30.0 Å². The van der Waals surface area contributed by atoms with Crippen molar-refractivity contribution in [3.8, 4) is 21.7 Å². The van der Waals surface area contributed by atoms with E-state index in [1.165, 1.54) is 12.1 Å². The Morgan fingerprint density at radius 2 is 2.05 bits per heavy atom. The molecule has 2 aromatic heterocycles. The van der Waals surface area contributed by atoms with Crippen LogP contribution in [0.2, 0.25) is 0 Å². The van der Waals surface area contributed by atoms with Gasteiger partial charge >= 0.3 is 0 Å². The monoisotopic (exact) mass is 429 g/mol. The summed E-state index contributed by atoms with van der Waals surface area (Å²) in [4.78, 5) is 0.959. The lowest BCUT2D eigenvalue weighted by Gasteiger charge is -2.03. The Hall–Kier alpha value is -1.18. The molecule has 0 aliphatic heterocycles. The first kappa shape index (κ1) is 14.7. The van der Waals surface area contributed by atoms with E-state index in [4.69, 9.17) is 5.73 Å². The van der Waals surface area contributed by atoms with Crippen molar-refractivity contribution in [3.63, 3.8) is 0 Å². The second kappa shape index (κ2) is 5.55. The number of nitrogen functional groups attached to an aromatic ring is 1. The molecule has 0 spiro atoms. The molecule has 0 aliphatic carbocycles. The number of nitrogens with two attached hydrogens (primary N) is 1. The second-order valence-corrected chi connectivity index (χ2v) is 7.70. The lowest BCUT2D eigenvalue weighted by molar-refractivity contribution is 0.628. The van der Waals surface area contributed by atoms with Gasteiger partial charge in [0.1, 0.15) is 17.3 Å². The number of anilines is 1. The Balaban J connectivity index is 2.25. The van der Waals surface area contributed by atoms with Crippen LogP contribution in [-0.4, -0.2) is 9.78 Å². The predicted molar refractivity (Wildman–Crippen MR) is 91.7 cm³/mol. The first-order valence-electron chi connectivity index (χ1n) is 6.01. The summed E-state index contributed by atoms with van der Waals surface area (Å²) < 4.78 is 17.1. The highest BCUT2D eigenvalue weighted by molar-refractivity contribution is 9.13. The van der Waals surface area contributed by atoms with Crippen molar-refractivity contribution in [3.05, 3.63) is 44.4 Å². The fourth-order valence-corrected chi connectivity index (χ4v) is 4.13. The number of aryl methyl sites for hydroxylation is 1. The van der Waals surface area contributed by atoms with Crippen molar-refractivity contribution in [1.29, 1.82) is 0 Å². The first-order chi connectivity index (χ1) is 9.97. The van der Waals surface area contributed by atoms with Gasteiger partial charge in [-0.3, -0.25) is 4.68 Å². The van der Waals surface area contributed by atoms with Crippen LogP contribution in [0.1, 0.15) is 0 Å². The Morgan fingerprint density at radius 1 is 1.29 bits per heavy atom. The molecule has 0 aliphatic rings. The topological polar surface area (TPSA) is 43.8 Å². The van der Waals surface area contributed by atoms with E-state index in [1.54, 1.807) is 29.1 Å². The van der Waals surface area contributed by atoms with Gasteiger partial charge in [-0.05, 0) is 55.6 Å². The van der Waals surface area contributed by atoms with Crippen LogP contribution in [0.5, 0.6) is 0 Å². The summed E-state index contributed by atoms with van der Waals surface area (Å²) in [6, 6.07) is 8.35. The summed E-state index contributed by atoms with van der Waals surface area (Å²) in [7, 11) is 1.78. The molecular weight excluding hydrogens is 421 g/mol. The number of thiophene rings is 1. The molecule has 0 bridgehead atoms. The predicted octanol–water partition coefficient (Wildman–Crippen LogP) is 5.06. The van der Waals surface area contributed by atoms with Crippen LogP contribution in [0.4, 0.5) is 10.2 Å². The summed E-state index contributed by atoms with van der Waals surface area (Å²) in [5, 5.41) is 4.48. The highest BCUT2D eigenvalue weighted by Gasteiger charge is 2.20. The number of halogens is 3. The molecule has 21 heavy (non-hydrogen) atoms. The maximum Gasteiger partial charge on any atom is 0.129 e. The van der Waals surface area contributed by atoms with E-state index in [0.29, 0.717) is 5.82 Å². The molecule has 2 heterocycles. The van der Waals surface area contributed by atoms with Crippen LogP contribution in [0.25, 0.3) is 21.7 Å². The van der Waals surface area contributed by atoms with E-state index in [2.05, 4.69) is 37.0 Å². The minimum atomic E-state index is -0.296. The van der Waals surface area contributed by atoms with Gasteiger partial charge in [-0.1, -0.05) is 12.1 Å². The van der Waals surface area contributed by atoms with E-state index in [1.807, 2.05) is 12.1 Å². The average Bonchev–Trinajstić information content (AvgIpc) is 2.91. The lowest BCUT2D eigenvalue weighted by atomic mass is 10.0. The van der Waals surface area contributed by atoms with Crippen molar-refractivity contribution in [2.45, 2.75) is 0 Å². The van der Waals surface area contributed by atoms with Gasteiger partial charge < -0.3 is 5.73 Å². The third-order valence-corrected chi connectivity index (χ3v) is 6.35. The summed E-state index contributed by atoms with van der Waals surface area (Å²) in [6.07, 6.45) is 0. The second-order valence-electron chi connectivity index (χ2n) is 4.48. The van der Waals surface area contributed by atoms with Gasteiger partial charge in [0.15, 0.2) is 0 Å². The molecule has 3 rings (SSSR count). The van der Waals surface area contributed by atoms with E-state index < -0.39 is 0 Å². The number of benzene rings is 1. The van der Waals surface area contributed by atoms with Gasteiger partial charge in [0.2, 0.25) is 0 Å². The quantitative estimate of drug-likeness (QED) is 0.617. The lowest BCUT2D eigenvalue weighted by Crippen LogP contribution is -1.98. The smallest absolute Gasteiger partial charge is 0.129 e. The van der Waals surface area contributed by atoms with Crippen molar-refractivity contribution in [2.24, 2.45) is 7.05 Å². The average molecular weight is 431 g/mol. The third-order valence-electron chi connectivity index (χ3n) is 3.08. The molecule has 0 radical (unpaired) electrons. The Labute approximate surface area is 141 Å². The van der Waals surface area contributed by atoms with E-state index >= 15 is 0 Å². The van der Waals surface area contributed by atoms with Gasteiger partial charge in [-0.2, -0.15) is 5.10 Å². The van der Waals surface area contributed by atoms with Crippen LogP contribution in [0.15, 0.2) is 38.6 Å². The van der Waals surface area contributed by atoms with Crippen LogP contribution in [-0.2, 0) is 7.05 Å². The molecule has 0 fully saturated rings. The molecule has 7 heteroatoms. The van der Waals surface area contributed by atoms with Crippen LogP contribution >= 0.6 is 43.2 Å². The molecule has 3 nitrogen and oxygen atoms in total. The summed E-state index contributed by atoms with van der Waals surface area (Å²) >= 11 is 8.49. The number of hydrogen-bond donors (Lipinski definition) is 1. The van der Waals surface area contributed by atoms with Gasteiger partial charge in [0, 0.05) is 11.5 Å². The molecule has 3 aromatic rings. The Bertz CT molecular complexity index is 806. The molecule has 0 saturated carbocycles. The van der Waals surface area contributed by atoms with Crippen molar-refractivity contribution >= 4 is 49.0 Å². The van der Waals surface area contributed by atoms with E-state index in [-0.39, 0.29) is 5.82 Å². The normalized spacial score (nSPS) is 11.0. The molecule has 108 valence electrons. The fraction of sp³-hybridized carbons (Fsp3) is 0.0714. The number of rotatable bonds is 2. The zero-order valence-corrected chi connectivity index (χ0v) is 14.9. The van der Waals surface area contributed by atoms with Crippen LogP contribution in [0, 0.1) is 5.82 Å².